The van der Waals surface area contributed by atoms with Gasteiger partial charge in [-0.3, -0.25) is 0 Å². The van der Waals surface area contributed by atoms with E-state index in [0.29, 0.717) is 5.88 Å². The highest BCUT2D eigenvalue weighted by Crippen LogP contribution is 2.13. The average Bonchev–Trinajstić information content (AvgIpc) is 2.38. The number of aromatic nitrogens is 2. The van der Waals surface area contributed by atoms with Crippen molar-refractivity contribution < 1.29 is 4.74 Å². The zero-order chi connectivity index (χ0) is 12.5. The second-order valence-electron chi connectivity index (χ2n) is 4.05. The molecule has 0 radical (unpaired) electrons. The third-order valence-electron chi connectivity index (χ3n) is 2.61. The predicted octanol–water partition coefficient (Wildman–Crippen LogP) is 3.04. The van der Waals surface area contributed by atoms with Crippen LogP contribution >= 0.6 is 0 Å². The highest BCUT2D eigenvalue weighted by atomic mass is 16.5. The van der Waals surface area contributed by atoms with Crippen LogP contribution in [0, 0.1) is 0 Å². The smallest absolute Gasteiger partial charge is 0.218 e. The lowest BCUT2D eigenvalue weighted by atomic mass is 10.2. The Bertz CT molecular complexity index is 306. The van der Waals surface area contributed by atoms with Crippen molar-refractivity contribution in [3.8, 4) is 5.88 Å². The van der Waals surface area contributed by atoms with Crippen molar-refractivity contribution in [2.24, 2.45) is 0 Å². The van der Waals surface area contributed by atoms with E-state index in [0.717, 1.165) is 24.6 Å². The van der Waals surface area contributed by atoms with E-state index in [9.17, 15) is 0 Å². The fraction of sp³-hybridized carbons (Fsp3) is 0.692. The molecule has 0 fully saturated rings. The number of nitrogens with zero attached hydrogens (tertiary/aromatic N) is 2. The van der Waals surface area contributed by atoms with Gasteiger partial charge in [0.2, 0.25) is 5.88 Å². The number of anilines is 1. The van der Waals surface area contributed by atoms with Gasteiger partial charge in [-0.25, -0.2) is 4.98 Å². The number of methoxy groups -OCH3 is 1. The largest absolute Gasteiger partial charge is 0.481 e. The van der Waals surface area contributed by atoms with E-state index in [1.54, 1.807) is 7.11 Å². The molecule has 0 spiro atoms. The van der Waals surface area contributed by atoms with Gasteiger partial charge in [-0.1, -0.05) is 33.1 Å². The van der Waals surface area contributed by atoms with Crippen LogP contribution in [0.15, 0.2) is 6.07 Å². The first-order valence-electron chi connectivity index (χ1n) is 6.46. The summed E-state index contributed by atoms with van der Waals surface area (Å²) in [5, 5.41) is 3.32. The molecule has 0 aliphatic rings. The molecule has 0 aliphatic carbocycles. The Labute approximate surface area is 104 Å². The van der Waals surface area contributed by atoms with Crippen molar-refractivity contribution in [3.63, 3.8) is 0 Å². The molecule has 1 N–H and O–H groups in total. The minimum Gasteiger partial charge on any atom is -0.481 e. The van der Waals surface area contributed by atoms with Crippen molar-refractivity contribution in [3.05, 3.63) is 11.9 Å². The monoisotopic (exact) mass is 237 g/mol. The van der Waals surface area contributed by atoms with Gasteiger partial charge in [0.1, 0.15) is 11.6 Å². The minimum atomic E-state index is 0.632. The molecule has 1 aromatic heterocycles. The summed E-state index contributed by atoms with van der Waals surface area (Å²) in [5.74, 6) is 2.32. The van der Waals surface area contributed by atoms with Crippen LogP contribution in [0.1, 0.15) is 45.4 Å². The van der Waals surface area contributed by atoms with Crippen molar-refractivity contribution in [1.29, 1.82) is 0 Å². The Morgan fingerprint density at radius 3 is 2.65 bits per heavy atom. The van der Waals surface area contributed by atoms with Gasteiger partial charge in [0.15, 0.2) is 0 Å². The maximum absolute atomic E-state index is 5.15. The molecule has 0 aromatic carbocycles. The summed E-state index contributed by atoms with van der Waals surface area (Å²) in [6, 6.07) is 1.85. The molecule has 0 atom stereocenters. The molecule has 0 aliphatic heterocycles. The van der Waals surface area contributed by atoms with Gasteiger partial charge in [-0.2, -0.15) is 4.98 Å². The lowest BCUT2D eigenvalue weighted by Crippen LogP contribution is -2.06. The first-order valence-corrected chi connectivity index (χ1v) is 6.46. The van der Waals surface area contributed by atoms with E-state index < -0.39 is 0 Å². The van der Waals surface area contributed by atoms with Crippen LogP contribution in [0.5, 0.6) is 5.88 Å². The SMILES string of the molecule is CCCCCCNc1cc(OC)nc(CC)n1. The number of aryl methyl sites for hydroxylation is 1. The van der Waals surface area contributed by atoms with Crippen LogP contribution in [0.25, 0.3) is 0 Å². The van der Waals surface area contributed by atoms with Gasteiger partial charge >= 0.3 is 0 Å². The predicted molar refractivity (Wildman–Crippen MR) is 70.6 cm³/mol. The topological polar surface area (TPSA) is 47.0 Å². The standard InChI is InChI=1S/C13H23N3O/c1-4-6-7-8-9-14-12-10-13(17-3)16-11(5-2)15-12/h10H,4-9H2,1-3H3,(H,14,15,16). The van der Waals surface area contributed by atoms with Gasteiger partial charge in [-0.15, -0.1) is 0 Å². The molecule has 0 saturated heterocycles. The van der Waals surface area contributed by atoms with Crippen LogP contribution in [-0.2, 0) is 6.42 Å². The van der Waals surface area contributed by atoms with E-state index >= 15 is 0 Å². The number of rotatable bonds is 8. The number of ether oxygens (including phenoxy) is 1. The maximum Gasteiger partial charge on any atom is 0.218 e. The molecular weight excluding hydrogens is 214 g/mol. The van der Waals surface area contributed by atoms with Gasteiger partial charge in [0, 0.05) is 19.0 Å². The Kier molecular flexibility index (Phi) is 6.37. The lowest BCUT2D eigenvalue weighted by Gasteiger charge is -2.08. The molecule has 96 valence electrons. The lowest BCUT2D eigenvalue weighted by molar-refractivity contribution is 0.395. The van der Waals surface area contributed by atoms with Crippen molar-refractivity contribution in [2.75, 3.05) is 19.0 Å². The normalized spacial score (nSPS) is 10.3. The van der Waals surface area contributed by atoms with Gasteiger partial charge in [0.25, 0.3) is 0 Å². The number of hydrogen-bond acceptors (Lipinski definition) is 4. The van der Waals surface area contributed by atoms with Gasteiger partial charge < -0.3 is 10.1 Å². The van der Waals surface area contributed by atoms with Gasteiger partial charge in [-0.05, 0) is 6.42 Å². The molecule has 17 heavy (non-hydrogen) atoms. The average molecular weight is 237 g/mol. The molecule has 0 saturated carbocycles. The van der Waals surface area contributed by atoms with Crippen LogP contribution in [0.2, 0.25) is 0 Å². The quantitative estimate of drug-likeness (QED) is 0.706. The van der Waals surface area contributed by atoms with Crippen molar-refractivity contribution in [1.82, 2.24) is 9.97 Å². The van der Waals surface area contributed by atoms with Crippen LogP contribution < -0.4 is 10.1 Å². The van der Waals surface area contributed by atoms with E-state index in [4.69, 9.17) is 4.74 Å². The summed E-state index contributed by atoms with van der Waals surface area (Å²) in [7, 11) is 1.63. The van der Waals surface area contributed by atoms with Crippen LogP contribution in [0.3, 0.4) is 0 Å². The van der Waals surface area contributed by atoms with Crippen molar-refractivity contribution in [2.45, 2.75) is 46.0 Å². The molecule has 0 amide bonds. The number of unbranched alkanes of at least 4 members (excludes halogenated alkanes) is 3. The molecule has 4 heteroatoms. The summed E-state index contributed by atoms with van der Waals surface area (Å²) < 4.78 is 5.15. The zero-order valence-corrected chi connectivity index (χ0v) is 11.1. The fourth-order valence-electron chi connectivity index (χ4n) is 1.59. The van der Waals surface area contributed by atoms with E-state index in [-0.39, 0.29) is 0 Å². The number of nitrogens with one attached hydrogen (secondary N) is 1. The molecule has 1 aromatic rings. The Morgan fingerprint density at radius 2 is 2.00 bits per heavy atom. The molecular formula is C13H23N3O. The Morgan fingerprint density at radius 1 is 1.18 bits per heavy atom. The summed E-state index contributed by atoms with van der Waals surface area (Å²) >= 11 is 0. The zero-order valence-electron chi connectivity index (χ0n) is 11.1. The second kappa shape index (κ2) is 7.87. The molecule has 0 unspecified atom stereocenters. The fourth-order valence-corrected chi connectivity index (χ4v) is 1.59. The highest BCUT2D eigenvalue weighted by molar-refractivity contribution is 5.38. The molecule has 4 nitrogen and oxygen atoms in total. The highest BCUT2D eigenvalue weighted by Gasteiger charge is 2.02. The number of hydrogen-bond donors (Lipinski definition) is 1. The van der Waals surface area contributed by atoms with E-state index in [2.05, 4.69) is 22.2 Å². The minimum absolute atomic E-state index is 0.632. The first kappa shape index (κ1) is 13.7. The molecule has 1 rings (SSSR count). The first-order chi connectivity index (χ1) is 8.30. The Balaban J connectivity index is 2.46. The maximum atomic E-state index is 5.15. The molecule has 0 bridgehead atoms. The second-order valence-corrected chi connectivity index (χ2v) is 4.05. The third kappa shape index (κ3) is 5.02. The van der Waals surface area contributed by atoms with E-state index in [1.165, 1.54) is 25.7 Å². The van der Waals surface area contributed by atoms with Gasteiger partial charge in [0.05, 0.1) is 7.11 Å². The summed E-state index contributed by atoms with van der Waals surface area (Å²) in [6.07, 6.45) is 5.84. The third-order valence-corrected chi connectivity index (χ3v) is 2.61. The van der Waals surface area contributed by atoms with Crippen LogP contribution in [0.4, 0.5) is 5.82 Å². The van der Waals surface area contributed by atoms with Crippen LogP contribution in [-0.4, -0.2) is 23.6 Å². The Hall–Kier alpha value is -1.32. The van der Waals surface area contributed by atoms with Crippen molar-refractivity contribution >= 4 is 5.82 Å². The summed E-state index contributed by atoms with van der Waals surface area (Å²) in [4.78, 5) is 8.67. The van der Waals surface area contributed by atoms with E-state index in [1.807, 2.05) is 13.0 Å². The summed E-state index contributed by atoms with van der Waals surface area (Å²) in [6.45, 7) is 5.22. The molecule has 1 heterocycles. The summed E-state index contributed by atoms with van der Waals surface area (Å²) in [5.41, 5.74) is 0.